The second-order valence-corrected chi connectivity index (χ2v) is 7.97. The molecule has 2 aromatic carbocycles. The molecule has 0 aliphatic rings. The summed E-state index contributed by atoms with van der Waals surface area (Å²) >= 11 is 4.80. The van der Waals surface area contributed by atoms with Gasteiger partial charge in [-0.1, -0.05) is 46.3 Å². The van der Waals surface area contributed by atoms with Crippen molar-refractivity contribution in [3.63, 3.8) is 0 Å². The number of nitrogens with one attached hydrogen (secondary N) is 1. The third-order valence-corrected chi connectivity index (χ3v) is 5.65. The van der Waals surface area contributed by atoms with E-state index in [0.717, 1.165) is 10.0 Å². The van der Waals surface area contributed by atoms with Gasteiger partial charge in [-0.15, -0.1) is 11.3 Å². The summed E-state index contributed by atoms with van der Waals surface area (Å²) in [5.41, 5.74) is 2.05. The van der Waals surface area contributed by atoms with Gasteiger partial charge in [0.05, 0.1) is 22.2 Å². The summed E-state index contributed by atoms with van der Waals surface area (Å²) in [6.07, 6.45) is 0. The van der Waals surface area contributed by atoms with Crippen molar-refractivity contribution in [3.8, 4) is 0 Å². The normalized spacial score (nSPS) is 11.7. The molecule has 0 spiro atoms. The zero-order valence-corrected chi connectivity index (χ0v) is 17.4. The summed E-state index contributed by atoms with van der Waals surface area (Å²) in [5, 5.41) is 4.87. The predicted octanol–water partition coefficient (Wildman–Crippen LogP) is 5.28. The molecule has 138 valence electrons. The molecule has 0 saturated heterocycles. The maximum Gasteiger partial charge on any atom is 0.268 e. The van der Waals surface area contributed by atoms with Crippen molar-refractivity contribution in [2.45, 2.75) is 13.0 Å². The van der Waals surface area contributed by atoms with Gasteiger partial charge in [0, 0.05) is 11.5 Å². The Morgan fingerprint density at radius 3 is 2.41 bits per heavy atom. The Morgan fingerprint density at radius 2 is 1.74 bits per heavy atom. The minimum Gasteiger partial charge on any atom is -0.345 e. The lowest BCUT2D eigenvalue weighted by atomic mass is 10.1. The van der Waals surface area contributed by atoms with Crippen LogP contribution in [0.15, 0.2) is 70.5 Å². The Balaban J connectivity index is 1.81. The molecule has 2 amide bonds. The fourth-order valence-electron chi connectivity index (χ4n) is 2.74. The van der Waals surface area contributed by atoms with E-state index in [0.29, 0.717) is 16.1 Å². The van der Waals surface area contributed by atoms with Crippen molar-refractivity contribution in [2.75, 3.05) is 11.9 Å². The van der Waals surface area contributed by atoms with E-state index in [1.165, 1.54) is 16.2 Å². The third-order valence-electron chi connectivity index (χ3n) is 4.26. The summed E-state index contributed by atoms with van der Waals surface area (Å²) in [4.78, 5) is 27.7. The number of carbonyl (C=O) groups is 2. The minimum atomic E-state index is -0.216. The van der Waals surface area contributed by atoms with Crippen LogP contribution in [0.25, 0.3) is 0 Å². The predicted molar refractivity (Wildman–Crippen MR) is 114 cm³/mol. The number of anilines is 1. The average molecular weight is 443 g/mol. The summed E-state index contributed by atoms with van der Waals surface area (Å²) in [6.45, 7) is 1.93. The molecule has 1 aromatic heterocycles. The quantitative estimate of drug-likeness (QED) is 0.584. The molecule has 1 heterocycles. The van der Waals surface area contributed by atoms with Gasteiger partial charge in [-0.2, -0.15) is 0 Å². The topological polar surface area (TPSA) is 49.4 Å². The highest BCUT2D eigenvalue weighted by Gasteiger charge is 2.21. The lowest BCUT2D eigenvalue weighted by Crippen LogP contribution is -2.31. The number of hydrogen-bond acceptors (Lipinski definition) is 3. The molecule has 3 aromatic rings. The molecule has 0 fully saturated rings. The Hall–Kier alpha value is -2.44. The Morgan fingerprint density at radius 1 is 1.04 bits per heavy atom. The van der Waals surface area contributed by atoms with Gasteiger partial charge in [0.25, 0.3) is 11.8 Å². The highest BCUT2D eigenvalue weighted by atomic mass is 79.9. The van der Waals surface area contributed by atoms with Crippen molar-refractivity contribution < 1.29 is 9.59 Å². The average Bonchev–Trinajstić information content (AvgIpc) is 3.22. The number of carbonyl (C=O) groups excluding carboxylic acids is 2. The molecule has 0 aliphatic carbocycles. The number of nitrogens with zero attached hydrogens (tertiary/aromatic N) is 1. The van der Waals surface area contributed by atoms with Gasteiger partial charge in [-0.05, 0) is 48.2 Å². The Bertz CT molecular complexity index is 939. The van der Waals surface area contributed by atoms with Crippen LogP contribution >= 0.6 is 27.3 Å². The van der Waals surface area contributed by atoms with E-state index in [1.54, 1.807) is 31.3 Å². The van der Waals surface area contributed by atoms with Gasteiger partial charge < -0.3 is 10.2 Å². The molecule has 3 rings (SSSR count). The lowest BCUT2D eigenvalue weighted by Gasteiger charge is -2.21. The molecule has 0 bridgehead atoms. The van der Waals surface area contributed by atoms with Crippen LogP contribution in [0.5, 0.6) is 0 Å². The van der Waals surface area contributed by atoms with Crippen molar-refractivity contribution in [3.05, 3.63) is 86.5 Å². The second kappa shape index (κ2) is 8.50. The van der Waals surface area contributed by atoms with E-state index in [2.05, 4.69) is 21.2 Å². The first kappa shape index (κ1) is 19.3. The van der Waals surface area contributed by atoms with Gasteiger partial charge >= 0.3 is 0 Å². The van der Waals surface area contributed by atoms with Crippen LogP contribution in [0.1, 0.15) is 38.6 Å². The molecule has 0 radical (unpaired) electrons. The Labute approximate surface area is 171 Å². The maximum absolute atomic E-state index is 12.9. The number of halogens is 1. The first-order valence-corrected chi connectivity index (χ1v) is 10.1. The third kappa shape index (κ3) is 4.46. The first-order valence-electron chi connectivity index (χ1n) is 8.44. The van der Waals surface area contributed by atoms with Crippen LogP contribution in [0.2, 0.25) is 0 Å². The maximum atomic E-state index is 12.9. The molecule has 27 heavy (non-hydrogen) atoms. The van der Waals surface area contributed by atoms with Gasteiger partial charge in [-0.25, -0.2) is 0 Å². The SMILES string of the molecule is C[C@@H](NC(=O)c1ccccc1N(C)C(=O)c1cccs1)c1ccc(Br)cc1. The van der Waals surface area contributed by atoms with Crippen molar-refractivity contribution in [1.82, 2.24) is 5.32 Å². The van der Waals surface area contributed by atoms with Crippen LogP contribution in [0.4, 0.5) is 5.69 Å². The standard InChI is InChI=1S/C21H19BrN2O2S/c1-14(15-9-11-16(22)12-10-15)23-20(25)17-6-3-4-7-18(17)24(2)21(26)19-8-5-13-27-19/h3-14H,1-2H3,(H,23,25)/t14-/m1/s1. The van der Waals surface area contributed by atoms with Crippen LogP contribution in [-0.4, -0.2) is 18.9 Å². The molecule has 1 atom stereocenters. The molecule has 0 aliphatic heterocycles. The Kier molecular flexibility index (Phi) is 6.08. The zero-order chi connectivity index (χ0) is 19.4. The smallest absolute Gasteiger partial charge is 0.268 e. The number of amides is 2. The minimum absolute atomic E-state index is 0.133. The van der Waals surface area contributed by atoms with Crippen LogP contribution < -0.4 is 10.2 Å². The van der Waals surface area contributed by atoms with E-state index >= 15 is 0 Å². The second-order valence-electron chi connectivity index (χ2n) is 6.11. The van der Waals surface area contributed by atoms with Crippen molar-refractivity contribution in [1.29, 1.82) is 0 Å². The number of thiophene rings is 1. The molecule has 6 heteroatoms. The van der Waals surface area contributed by atoms with Crippen LogP contribution in [0.3, 0.4) is 0 Å². The van der Waals surface area contributed by atoms with E-state index in [-0.39, 0.29) is 17.9 Å². The number of benzene rings is 2. The largest absolute Gasteiger partial charge is 0.345 e. The molecule has 0 unspecified atom stereocenters. The molecule has 0 saturated carbocycles. The monoisotopic (exact) mass is 442 g/mol. The van der Waals surface area contributed by atoms with E-state index in [1.807, 2.05) is 48.7 Å². The van der Waals surface area contributed by atoms with E-state index in [9.17, 15) is 9.59 Å². The highest BCUT2D eigenvalue weighted by molar-refractivity contribution is 9.10. The molecule has 1 N–H and O–H groups in total. The first-order chi connectivity index (χ1) is 13.0. The van der Waals surface area contributed by atoms with Gasteiger partial charge in [-0.3, -0.25) is 9.59 Å². The van der Waals surface area contributed by atoms with E-state index in [4.69, 9.17) is 0 Å². The molecular formula is C21H19BrN2O2S. The van der Waals surface area contributed by atoms with Gasteiger partial charge in [0.1, 0.15) is 0 Å². The van der Waals surface area contributed by atoms with Crippen LogP contribution in [0, 0.1) is 0 Å². The fourth-order valence-corrected chi connectivity index (χ4v) is 3.71. The van der Waals surface area contributed by atoms with Crippen LogP contribution in [-0.2, 0) is 0 Å². The summed E-state index contributed by atoms with van der Waals surface area (Å²) in [7, 11) is 1.69. The summed E-state index contributed by atoms with van der Waals surface area (Å²) in [5.74, 6) is -0.349. The number of hydrogen-bond donors (Lipinski definition) is 1. The number of para-hydroxylation sites is 1. The molecule has 4 nitrogen and oxygen atoms in total. The lowest BCUT2D eigenvalue weighted by molar-refractivity contribution is 0.0940. The number of rotatable bonds is 5. The van der Waals surface area contributed by atoms with Crippen molar-refractivity contribution >= 4 is 44.8 Å². The summed E-state index contributed by atoms with van der Waals surface area (Å²) in [6, 6.07) is 18.4. The summed E-state index contributed by atoms with van der Waals surface area (Å²) < 4.78 is 0.990. The fraction of sp³-hybridized carbons (Fsp3) is 0.143. The van der Waals surface area contributed by atoms with E-state index < -0.39 is 0 Å². The van der Waals surface area contributed by atoms with Gasteiger partial charge in [0.15, 0.2) is 0 Å². The zero-order valence-electron chi connectivity index (χ0n) is 15.0. The van der Waals surface area contributed by atoms with Crippen molar-refractivity contribution in [2.24, 2.45) is 0 Å². The van der Waals surface area contributed by atoms with Gasteiger partial charge in [0.2, 0.25) is 0 Å². The highest BCUT2D eigenvalue weighted by Crippen LogP contribution is 2.24. The molecular weight excluding hydrogens is 424 g/mol.